The number of methoxy groups -OCH3 is 1. The maximum absolute atomic E-state index is 13.1. The number of ether oxygens (including phenoxy) is 1. The standard InChI is InChI=1S/C22H24ClN3O4S2/c1-14-18(23)10-11-19-20(14)25(2)22(31-19)24-21(27)15-5-4-12-26(13-15)32(28,29)17-8-6-16(30-3)7-9-17/h6-11,15H,4-5,12-13H2,1-3H3. The lowest BCUT2D eigenvalue weighted by atomic mass is 9.99. The van der Waals surface area contributed by atoms with Gasteiger partial charge in [-0.05, 0) is 61.7 Å². The molecular weight excluding hydrogens is 470 g/mol. The first-order valence-electron chi connectivity index (χ1n) is 10.2. The van der Waals surface area contributed by atoms with Crippen LogP contribution in [-0.4, -0.2) is 43.4 Å². The number of amides is 1. The number of sulfonamides is 1. The maximum atomic E-state index is 13.1. The van der Waals surface area contributed by atoms with Crippen molar-refractivity contribution in [2.24, 2.45) is 18.0 Å². The number of carbonyl (C=O) groups excluding carboxylic acids is 1. The lowest BCUT2D eigenvalue weighted by Crippen LogP contribution is -2.42. The van der Waals surface area contributed by atoms with Crippen LogP contribution in [0, 0.1) is 12.8 Å². The van der Waals surface area contributed by atoms with Crippen molar-refractivity contribution in [1.29, 1.82) is 0 Å². The fraction of sp³-hybridized carbons (Fsp3) is 0.364. The summed E-state index contributed by atoms with van der Waals surface area (Å²) < 4.78 is 35.5. The van der Waals surface area contributed by atoms with Gasteiger partial charge in [0.15, 0.2) is 4.80 Å². The highest BCUT2D eigenvalue weighted by Gasteiger charge is 2.33. The topological polar surface area (TPSA) is 81.0 Å². The Balaban J connectivity index is 1.59. The van der Waals surface area contributed by atoms with Gasteiger partial charge in [-0.25, -0.2) is 8.42 Å². The molecule has 4 rings (SSSR count). The number of fused-ring (bicyclic) bond motifs is 1. The van der Waals surface area contributed by atoms with Gasteiger partial charge in [0.2, 0.25) is 10.0 Å². The molecule has 1 unspecified atom stereocenters. The number of aromatic nitrogens is 1. The predicted molar refractivity (Wildman–Crippen MR) is 126 cm³/mol. The molecule has 1 amide bonds. The van der Waals surface area contributed by atoms with E-state index >= 15 is 0 Å². The van der Waals surface area contributed by atoms with E-state index in [1.165, 1.54) is 34.9 Å². The second-order valence-corrected chi connectivity index (χ2v) is 11.1. The quantitative estimate of drug-likeness (QED) is 0.554. The first-order valence-corrected chi connectivity index (χ1v) is 12.8. The zero-order valence-corrected chi connectivity index (χ0v) is 20.4. The number of piperidine rings is 1. The second-order valence-electron chi connectivity index (χ2n) is 7.79. The number of rotatable bonds is 4. The van der Waals surface area contributed by atoms with Crippen LogP contribution in [0.15, 0.2) is 46.3 Å². The molecule has 1 saturated heterocycles. The summed E-state index contributed by atoms with van der Waals surface area (Å²) in [5, 5.41) is 0.662. The van der Waals surface area contributed by atoms with Crippen molar-refractivity contribution in [3.63, 3.8) is 0 Å². The summed E-state index contributed by atoms with van der Waals surface area (Å²) >= 11 is 7.67. The monoisotopic (exact) mass is 493 g/mol. The van der Waals surface area contributed by atoms with Crippen LogP contribution in [0.4, 0.5) is 0 Å². The highest BCUT2D eigenvalue weighted by Crippen LogP contribution is 2.28. The molecule has 1 aliphatic rings. The Morgan fingerprint density at radius 2 is 1.94 bits per heavy atom. The molecule has 0 N–H and O–H groups in total. The lowest BCUT2D eigenvalue weighted by molar-refractivity contribution is -0.122. The smallest absolute Gasteiger partial charge is 0.252 e. The van der Waals surface area contributed by atoms with Gasteiger partial charge in [0, 0.05) is 25.2 Å². The number of halogens is 1. The van der Waals surface area contributed by atoms with Crippen molar-refractivity contribution in [2.75, 3.05) is 20.2 Å². The third-order valence-corrected chi connectivity index (χ3v) is 9.17. The molecule has 1 fully saturated rings. The van der Waals surface area contributed by atoms with Crippen LogP contribution in [0.3, 0.4) is 0 Å². The van der Waals surface area contributed by atoms with Gasteiger partial charge < -0.3 is 9.30 Å². The Hall–Kier alpha value is -2.20. The summed E-state index contributed by atoms with van der Waals surface area (Å²) in [5.41, 5.74) is 1.88. The van der Waals surface area contributed by atoms with E-state index in [4.69, 9.17) is 16.3 Å². The maximum Gasteiger partial charge on any atom is 0.252 e. The van der Waals surface area contributed by atoms with E-state index in [1.54, 1.807) is 12.1 Å². The molecule has 32 heavy (non-hydrogen) atoms. The third kappa shape index (κ3) is 4.22. The number of carbonyl (C=O) groups is 1. The highest BCUT2D eigenvalue weighted by molar-refractivity contribution is 7.89. The summed E-state index contributed by atoms with van der Waals surface area (Å²) in [6.45, 7) is 2.44. The minimum absolute atomic E-state index is 0.121. The molecule has 10 heteroatoms. The van der Waals surface area contributed by atoms with E-state index in [-0.39, 0.29) is 17.3 Å². The van der Waals surface area contributed by atoms with Crippen LogP contribution in [0.2, 0.25) is 5.02 Å². The van der Waals surface area contributed by atoms with Gasteiger partial charge >= 0.3 is 0 Å². The zero-order valence-electron chi connectivity index (χ0n) is 18.0. The fourth-order valence-corrected chi connectivity index (χ4v) is 6.71. The van der Waals surface area contributed by atoms with Crippen LogP contribution in [0.25, 0.3) is 10.2 Å². The number of thiazole rings is 1. The van der Waals surface area contributed by atoms with Gasteiger partial charge in [-0.2, -0.15) is 9.30 Å². The second kappa shape index (κ2) is 8.97. The van der Waals surface area contributed by atoms with Crippen molar-refractivity contribution >= 4 is 49.1 Å². The molecule has 1 aliphatic heterocycles. The lowest BCUT2D eigenvalue weighted by Gasteiger charge is -2.30. The highest BCUT2D eigenvalue weighted by atomic mass is 35.5. The summed E-state index contributed by atoms with van der Waals surface area (Å²) in [5.74, 6) is -0.195. The van der Waals surface area contributed by atoms with Gasteiger partial charge in [0.05, 0.1) is 28.1 Å². The van der Waals surface area contributed by atoms with Gasteiger partial charge in [-0.15, -0.1) is 0 Å². The van der Waals surface area contributed by atoms with Gasteiger partial charge in [0.1, 0.15) is 5.75 Å². The Labute approximate surface area is 196 Å². The van der Waals surface area contributed by atoms with Crippen LogP contribution in [0.1, 0.15) is 18.4 Å². The van der Waals surface area contributed by atoms with Crippen LogP contribution < -0.4 is 9.54 Å². The molecule has 170 valence electrons. The fourth-order valence-electron chi connectivity index (χ4n) is 3.95. The zero-order chi connectivity index (χ0) is 23.0. The Kier molecular flexibility index (Phi) is 6.44. The van der Waals surface area contributed by atoms with E-state index in [1.807, 2.05) is 30.7 Å². The summed E-state index contributed by atoms with van der Waals surface area (Å²) in [7, 11) is -0.314. The van der Waals surface area contributed by atoms with Gasteiger partial charge in [0.25, 0.3) is 5.91 Å². The predicted octanol–water partition coefficient (Wildman–Crippen LogP) is 3.74. The minimum Gasteiger partial charge on any atom is -0.497 e. The van der Waals surface area contributed by atoms with E-state index < -0.39 is 15.9 Å². The van der Waals surface area contributed by atoms with E-state index in [0.717, 1.165) is 15.8 Å². The first kappa shape index (κ1) is 23.0. The molecular formula is C22H24ClN3O4S2. The summed E-state index contributed by atoms with van der Waals surface area (Å²) in [4.78, 5) is 18.1. The van der Waals surface area contributed by atoms with Gasteiger partial charge in [-0.1, -0.05) is 22.9 Å². The molecule has 0 aliphatic carbocycles. The molecule has 0 spiro atoms. The molecule has 7 nitrogen and oxygen atoms in total. The van der Waals surface area contributed by atoms with Crippen LogP contribution in [0.5, 0.6) is 5.75 Å². The van der Waals surface area contributed by atoms with Crippen LogP contribution in [-0.2, 0) is 21.9 Å². The molecule has 0 radical (unpaired) electrons. The molecule has 0 bridgehead atoms. The third-order valence-electron chi connectivity index (χ3n) is 5.79. The van der Waals surface area contributed by atoms with Gasteiger partial charge in [-0.3, -0.25) is 4.79 Å². The molecule has 2 aromatic carbocycles. The van der Waals surface area contributed by atoms with E-state index in [9.17, 15) is 13.2 Å². The molecule has 1 atom stereocenters. The average molecular weight is 494 g/mol. The number of benzene rings is 2. The Morgan fingerprint density at radius 1 is 1.22 bits per heavy atom. The van der Waals surface area contributed by atoms with E-state index in [2.05, 4.69) is 4.99 Å². The molecule has 1 aromatic heterocycles. The van der Waals surface area contributed by atoms with Crippen molar-refractivity contribution < 1.29 is 17.9 Å². The van der Waals surface area contributed by atoms with Crippen LogP contribution >= 0.6 is 22.9 Å². The number of hydrogen-bond donors (Lipinski definition) is 0. The van der Waals surface area contributed by atoms with Crippen molar-refractivity contribution in [3.8, 4) is 5.75 Å². The summed E-state index contributed by atoms with van der Waals surface area (Å²) in [6, 6.07) is 10.0. The Morgan fingerprint density at radius 3 is 2.62 bits per heavy atom. The largest absolute Gasteiger partial charge is 0.497 e. The number of aryl methyl sites for hydroxylation is 2. The SMILES string of the molecule is COc1ccc(S(=O)(=O)N2CCCC(C(=O)N=c3sc4ccc(Cl)c(C)c4n3C)C2)cc1. The van der Waals surface area contributed by atoms with Crippen molar-refractivity contribution in [3.05, 3.63) is 51.8 Å². The first-order chi connectivity index (χ1) is 15.2. The Bertz CT molecular complexity index is 1340. The normalized spacial score (nSPS) is 18.2. The number of nitrogens with zero attached hydrogens (tertiary/aromatic N) is 3. The minimum atomic E-state index is -3.70. The average Bonchev–Trinajstić information content (AvgIpc) is 3.12. The van der Waals surface area contributed by atoms with Crippen molar-refractivity contribution in [2.45, 2.75) is 24.7 Å². The van der Waals surface area contributed by atoms with E-state index in [0.29, 0.717) is 35.0 Å². The van der Waals surface area contributed by atoms with Crippen molar-refractivity contribution in [1.82, 2.24) is 8.87 Å². The molecule has 0 saturated carbocycles. The number of hydrogen-bond acceptors (Lipinski definition) is 5. The summed E-state index contributed by atoms with van der Waals surface area (Å²) in [6.07, 6.45) is 1.21. The molecule has 2 heterocycles. The molecule has 3 aromatic rings.